The molecule has 0 aliphatic rings. The molecule has 0 aromatic carbocycles. The molecule has 0 saturated heterocycles. The molecule has 0 aromatic heterocycles. The number of carbonyl (C=O) groups excluding carboxylic acids is 1. The molecule has 3 nitrogen and oxygen atoms in total. The van der Waals surface area contributed by atoms with E-state index in [4.69, 9.17) is 0 Å². The zero-order chi connectivity index (χ0) is 10.1. The van der Waals surface area contributed by atoms with Crippen molar-refractivity contribution in [2.24, 2.45) is 0 Å². The van der Waals surface area contributed by atoms with Crippen molar-refractivity contribution >= 4 is 5.97 Å². The van der Waals surface area contributed by atoms with Crippen molar-refractivity contribution in [2.75, 3.05) is 13.7 Å². The standard InChI is InChI=1S/C10H16NO2/c1-4-6-7-9(10(12)13-3)11-8-5-2/h4-5,9H,1-2,6-8H2,3H3/t9-/m1/s1. The van der Waals surface area contributed by atoms with Gasteiger partial charge in [0.1, 0.15) is 6.04 Å². The Morgan fingerprint density at radius 3 is 2.69 bits per heavy atom. The number of allylic oxidation sites excluding steroid dienone is 1. The number of rotatable bonds is 7. The molecule has 0 N–H and O–H groups in total. The fourth-order valence-corrected chi connectivity index (χ4v) is 0.897. The van der Waals surface area contributed by atoms with Crippen molar-refractivity contribution in [1.29, 1.82) is 0 Å². The first-order valence-corrected chi connectivity index (χ1v) is 4.22. The summed E-state index contributed by atoms with van der Waals surface area (Å²) >= 11 is 0. The van der Waals surface area contributed by atoms with E-state index in [2.05, 4.69) is 23.2 Å². The van der Waals surface area contributed by atoms with Gasteiger partial charge in [0.25, 0.3) is 0 Å². The number of nitrogens with zero attached hydrogens (tertiary/aromatic N) is 1. The Hall–Kier alpha value is -1.09. The molecule has 0 aliphatic heterocycles. The van der Waals surface area contributed by atoms with E-state index in [1.165, 1.54) is 7.11 Å². The van der Waals surface area contributed by atoms with Gasteiger partial charge in [-0.05, 0) is 12.8 Å². The third-order valence-corrected chi connectivity index (χ3v) is 1.57. The molecule has 1 radical (unpaired) electrons. The summed E-state index contributed by atoms with van der Waals surface area (Å²) < 4.78 is 4.61. The number of methoxy groups -OCH3 is 1. The predicted molar refractivity (Wildman–Crippen MR) is 52.4 cm³/mol. The summed E-state index contributed by atoms with van der Waals surface area (Å²) in [6, 6.07) is -0.374. The van der Waals surface area contributed by atoms with Gasteiger partial charge in [-0.25, -0.2) is 5.32 Å². The molecule has 0 aromatic rings. The van der Waals surface area contributed by atoms with E-state index in [1.54, 1.807) is 12.2 Å². The Morgan fingerprint density at radius 1 is 1.54 bits per heavy atom. The lowest BCUT2D eigenvalue weighted by Gasteiger charge is -2.11. The van der Waals surface area contributed by atoms with Crippen LogP contribution in [0.5, 0.6) is 0 Å². The fourth-order valence-electron chi connectivity index (χ4n) is 0.897. The van der Waals surface area contributed by atoms with E-state index in [-0.39, 0.29) is 12.0 Å². The highest BCUT2D eigenvalue weighted by Gasteiger charge is 2.17. The Kier molecular flexibility index (Phi) is 6.92. The normalized spacial score (nSPS) is 11.8. The first-order valence-electron chi connectivity index (χ1n) is 4.22. The molecule has 0 bridgehead atoms. The van der Waals surface area contributed by atoms with E-state index in [0.29, 0.717) is 13.0 Å². The molecule has 0 rings (SSSR count). The zero-order valence-corrected chi connectivity index (χ0v) is 8.03. The Labute approximate surface area is 79.5 Å². The van der Waals surface area contributed by atoms with Crippen molar-refractivity contribution < 1.29 is 9.53 Å². The van der Waals surface area contributed by atoms with Gasteiger partial charge in [-0.3, -0.25) is 4.79 Å². The summed E-state index contributed by atoms with van der Waals surface area (Å²) in [7, 11) is 1.37. The van der Waals surface area contributed by atoms with Gasteiger partial charge in [-0.1, -0.05) is 12.2 Å². The predicted octanol–water partition coefficient (Wildman–Crippen LogP) is 1.28. The molecule has 0 aliphatic carbocycles. The van der Waals surface area contributed by atoms with Crippen LogP contribution in [0.25, 0.3) is 0 Å². The summed E-state index contributed by atoms with van der Waals surface area (Å²) in [4.78, 5) is 11.1. The lowest BCUT2D eigenvalue weighted by atomic mass is 10.1. The monoisotopic (exact) mass is 182 g/mol. The van der Waals surface area contributed by atoms with E-state index < -0.39 is 0 Å². The molecule has 13 heavy (non-hydrogen) atoms. The Morgan fingerprint density at radius 2 is 2.23 bits per heavy atom. The lowest BCUT2D eigenvalue weighted by molar-refractivity contribution is -0.143. The van der Waals surface area contributed by atoms with Gasteiger partial charge >= 0.3 is 5.97 Å². The minimum Gasteiger partial charge on any atom is -0.468 e. The van der Waals surface area contributed by atoms with Crippen molar-refractivity contribution in [3.8, 4) is 0 Å². The van der Waals surface area contributed by atoms with Crippen LogP contribution in [0, 0.1) is 0 Å². The number of carbonyl (C=O) groups is 1. The second-order valence-electron chi connectivity index (χ2n) is 2.56. The lowest BCUT2D eigenvalue weighted by Crippen LogP contribution is -2.32. The van der Waals surface area contributed by atoms with Crippen molar-refractivity contribution in [3.05, 3.63) is 25.3 Å². The van der Waals surface area contributed by atoms with Gasteiger partial charge in [0.15, 0.2) is 0 Å². The second kappa shape index (κ2) is 7.55. The maximum Gasteiger partial charge on any atom is 0.324 e. The Balaban J connectivity index is 3.92. The summed E-state index contributed by atoms with van der Waals surface area (Å²) in [5.74, 6) is -0.288. The number of ether oxygens (including phenoxy) is 1. The van der Waals surface area contributed by atoms with Crippen molar-refractivity contribution in [1.82, 2.24) is 5.32 Å². The zero-order valence-electron chi connectivity index (χ0n) is 8.03. The van der Waals surface area contributed by atoms with E-state index >= 15 is 0 Å². The summed E-state index contributed by atoms with van der Waals surface area (Å²) in [5, 5.41) is 4.11. The van der Waals surface area contributed by atoms with Gasteiger partial charge in [0, 0.05) is 6.54 Å². The van der Waals surface area contributed by atoms with Crippen molar-refractivity contribution in [3.63, 3.8) is 0 Å². The molecule has 3 heteroatoms. The number of hydrogen-bond donors (Lipinski definition) is 0. The second-order valence-corrected chi connectivity index (χ2v) is 2.56. The van der Waals surface area contributed by atoms with Gasteiger partial charge < -0.3 is 4.74 Å². The van der Waals surface area contributed by atoms with Crippen LogP contribution in [-0.2, 0) is 9.53 Å². The molecule has 1 atom stereocenters. The molecular formula is C10H16NO2. The summed E-state index contributed by atoms with van der Waals surface area (Å²) in [6.45, 7) is 7.60. The summed E-state index contributed by atoms with van der Waals surface area (Å²) in [6.07, 6.45) is 4.84. The molecular weight excluding hydrogens is 166 g/mol. The summed E-state index contributed by atoms with van der Waals surface area (Å²) in [5.41, 5.74) is 0. The van der Waals surface area contributed by atoms with Crippen LogP contribution in [0.1, 0.15) is 12.8 Å². The number of hydrogen-bond acceptors (Lipinski definition) is 2. The van der Waals surface area contributed by atoms with Crippen LogP contribution in [0.15, 0.2) is 25.3 Å². The van der Waals surface area contributed by atoms with Gasteiger partial charge in [-0.15, -0.1) is 13.2 Å². The first-order chi connectivity index (χ1) is 6.26. The highest BCUT2D eigenvalue weighted by molar-refractivity contribution is 5.75. The van der Waals surface area contributed by atoms with Crippen LogP contribution in [0.3, 0.4) is 0 Å². The van der Waals surface area contributed by atoms with Crippen LogP contribution >= 0.6 is 0 Å². The first kappa shape index (κ1) is 11.9. The van der Waals surface area contributed by atoms with E-state index in [1.807, 2.05) is 0 Å². The highest BCUT2D eigenvalue weighted by Crippen LogP contribution is 2.01. The quantitative estimate of drug-likeness (QED) is 0.439. The average molecular weight is 182 g/mol. The maximum absolute atomic E-state index is 11.1. The molecule has 0 amide bonds. The third kappa shape index (κ3) is 5.20. The SMILES string of the molecule is C=CCC[C@@H]([N]CC=C)C(=O)OC. The molecule has 0 fully saturated rings. The Bertz CT molecular complexity index is 166. The molecule has 0 saturated carbocycles. The smallest absolute Gasteiger partial charge is 0.324 e. The van der Waals surface area contributed by atoms with Crippen LogP contribution in [-0.4, -0.2) is 25.7 Å². The minimum atomic E-state index is -0.374. The van der Waals surface area contributed by atoms with Crippen molar-refractivity contribution in [2.45, 2.75) is 18.9 Å². The van der Waals surface area contributed by atoms with E-state index in [9.17, 15) is 4.79 Å². The molecule has 73 valence electrons. The number of esters is 1. The van der Waals surface area contributed by atoms with Crippen LogP contribution in [0.2, 0.25) is 0 Å². The molecule has 0 heterocycles. The van der Waals surface area contributed by atoms with Crippen LogP contribution < -0.4 is 5.32 Å². The van der Waals surface area contributed by atoms with E-state index in [0.717, 1.165) is 6.42 Å². The largest absolute Gasteiger partial charge is 0.468 e. The van der Waals surface area contributed by atoms with Gasteiger partial charge in [0.05, 0.1) is 7.11 Å². The van der Waals surface area contributed by atoms with Crippen LogP contribution in [0.4, 0.5) is 0 Å². The molecule has 0 spiro atoms. The third-order valence-electron chi connectivity index (χ3n) is 1.57. The van der Waals surface area contributed by atoms with Gasteiger partial charge in [0.2, 0.25) is 0 Å². The molecule has 0 unspecified atom stereocenters. The topological polar surface area (TPSA) is 40.4 Å². The average Bonchev–Trinajstić information content (AvgIpc) is 2.17. The maximum atomic E-state index is 11.1. The highest BCUT2D eigenvalue weighted by atomic mass is 16.5. The fraction of sp³-hybridized carbons (Fsp3) is 0.500. The van der Waals surface area contributed by atoms with Gasteiger partial charge in [-0.2, -0.15) is 0 Å². The minimum absolute atomic E-state index is 0.288.